The lowest BCUT2D eigenvalue weighted by Crippen LogP contribution is -2.31. The van der Waals surface area contributed by atoms with Gasteiger partial charge in [-0.1, -0.05) is 18.2 Å². The molecule has 176 valence electrons. The molecule has 8 heteroatoms. The Labute approximate surface area is 202 Å². The normalized spacial score (nSPS) is 11.9. The van der Waals surface area contributed by atoms with E-state index in [1.54, 1.807) is 44.9 Å². The molecule has 5 rings (SSSR count). The van der Waals surface area contributed by atoms with Crippen molar-refractivity contribution in [3.63, 3.8) is 0 Å². The van der Waals surface area contributed by atoms with E-state index in [0.717, 1.165) is 10.9 Å². The summed E-state index contributed by atoms with van der Waals surface area (Å²) in [7, 11) is 5.06. The van der Waals surface area contributed by atoms with E-state index in [-0.39, 0.29) is 5.91 Å². The molecule has 0 radical (unpaired) electrons. The molecule has 1 atom stereocenters. The highest BCUT2D eigenvalue weighted by Crippen LogP contribution is 2.31. The molecule has 0 saturated heterocycles. The number of hydrogen-bond donors (Lipinski definition) is 1. The number of nitrogens with zero attached hydrogens (tertiary/aromatic N) is 3. The number of hydrogen-bond acceptors (Lipinski definition) is 6. The first-order chi connectivity index (χ1) is 17.1. The highest BCUT2D eigenvalue weighted by Gasteiger charge is 2.24. The molecule has 3 aromatic heterocycles. The van der Waals surface area contributed by atoms with Gasteiger partial charge in [-0.25, -0.2) is 9.97 Å². The second kappa shape index (κ2) is 9.34. The number of imidazole rings is 1. The number of ether oxygens (including phenoxy) is 2. The third-order valence-corrected chi connectivity index (χ3v) is 5.83. The largest absolute Gasteiger partial charge is 0.497 e. The van der Waals surface area contributed by atoms with Gasteiger partial charge in [0.2, 0.25) is 0 Å². The van der Waals surface area contributed by atoms with Crippen molar-refractivity contribution in [2.24, 2.45) is 7.05 Å². The van der Waals surface area contributed by atoms with Crippen molar-refractivity contribution in [2.75, 3.05) is 14.2 Å². The average molecular weight is 469 g/mol. The Morgan fingerprint density at radius 1 is 1.03 bits per heavy atom. The maximum Gasteiger partial charge on any atom is 0.252 e. The van der Waals surface area contributed by atoms with Crippen LogP contribution in [-0.4, -0.2) is 34.7 Å². The van der Waals surface area contributed by atoms with Crippen LogP contribution in [0.15, 0.2) is 83.7 Å². The van der Waals surface area contributed by atoms with Gasteiger partial charge in [-0.05, 0) is 42.0 Å². The molecule has 0 aliphatic carbocycles. The summed E-state index contributed by atoms with van der Waals surface area (Å²) in [6.45, 7) is 0. The maximum absolute atomic E-state index is 13.8. The number of furan rings is 1. The van der Waals surface area contributed by atoms with Crippen molar-refractivity contribution in [1.29, 1.82) is 0 Å². The summed E-state index contributed by atoms with van der Waals surface area (Å²) in [5.74, 6) is 2.21. The smallest absolute Gasteiger partial charge is 0.252 e. The van der Waals surface area contributed by atoms with E-state index in [0.29, 0.717) is 39.9 Å². The summed E-state index contributed by atoms with van der Waals surface area (Å²) >= 11 is 0. The first kappa shape index (κ1) is 22.2. The molecule has 0 aliphatic heterocycles. The number of nitrogens with one attached hydrogen (secondary N) is 1. The number of aromatic nitrogens is 3. The molecule has 0 saturated carbocycles. The SMILES string of the molecule is COc1cc(OC)cc(C(NC(=O)c2cc(-c3ccco3)nc3ccccc23)c2nccn2C)c1. The van der Waals surface area contributed by atoms with E-state index in [4.69, 9.17) is 13.9 Å². The Morgan fingerprint density at radius 3 is 2.46 bits per heavy atom. The zero-order chi connectivity index (χ0) is 24.4. The van der Waals surface area contributed by atoms with Crippen LogP contribution in [0.1, 0.15) is 27.8 Å². The third-order valence-electron chi connectivity index (χ3n) is 5.83. The van der Waals surface area contributed by atoms with Crippen LogP contribution in [0.4, 0.5) is 0 Å². The van der Waals surface area contributed by atoms with E-state index in [9.17, 15) is 4.79 Å². The van der Waals surface area contributed by atoms with Crippen LogP contribution in [0.3, 0.4) is 0 Å². The molecule has 35 heavy (non-hydrogen) atoms. The number of pyridine rings is 1. The number of carbonyl (C=O) groups is 1. The molecule has 0 bridgehead atoms. The van der Waals surface area contributed by atoms with Crippen LogP contribution < -0.4 is 14.8 Å². The molecule has 0 aliphatic rings. The number of rotatable bonds is 7. The Hall–Kier alpha value is -4.59. The van der Waals surface area contributed by atoms with Crippen molar-refractivity contribution in [1.82, 2.24) is 19.9 Å². The second-order valence-corrected chi connectivity index (χ2v) is 8.00. The maximum atomic E-state index is 13.8. The van der Waals surface area contributed by atoms with Gasteiger partial charge in [0.15, 0.2) is 5.76 Å². The van der Waals surface area contributed by atoms with Gasteiger partial charge in [-0.15, -0.1) is 0 Å². The Morgan fingerprint density at radius 2 is 1.80 bits per heavy atom. The average Bonchev–Trinajstić information content (AvgIpc) is 3.58. The fourth-order valence-corrected chi connectivity index (χ4v) is 4.07. The molecular formula is C27H24N4O4. The molecule has 0 fully saturated rings. The van der Waals surface area contributed by atoms with E-state index in [2.05, 4.69) is 15.3 Å². The molecular weight excluding hydrogens is 444 g/mol. The monoisotopic (exact) mass is 468 g/mol. The van der Waals surface area contributed by atoms with Gasteiger partial charge in [0.1, 0.15) is 29.1 Å². The number of aryl methyl sites for hydroxylation is 1. The van der Waals surface area contributed by atoms with Crippen LogP contribution >= 0.6 is 0 Å². The molecule has 3 heterocycles. The topological polar surface area (TPSA) is 91.4 Å². The van der Waals surface area contributed by atoms with E-state index in [1.165, 1.54) is 0 Å². The summed E-state index contributed by atoms with van der Waals surface area (Å²) in [4.78, 5) is 23.0. The summed E-state index contributed by atoms with van der Waals surface area (Å²) in [6.07, 6.45) is 5.12. The van der Waals surface area contributed by atoms with Crippen LogP contribution in [0.25, 0.3) is 22.4 Å². The minimum atomic E-state index is -0.564. The number of para-hydroxylation sites is 1. The Balaban J connectivity index is 1.61. The highest BCUT2D eigenvalue weighted by atomic mass is 16.5. The first-order valence-corrected chi connectivity index (χ1v) is 11.0. The minimum Gasteiger partial charge on any atom is -0.497 e. The number of benzene rings is 2. The fourth-order valence-electron chi connectivity index (χ4n) is 4.07. The van der Waals surface area contributed by atoms with E-state index in [1.807, 2.05) is 60.3 Å². The van der Waals surface area contributed by atoms with Gasteiger partial charge in [0.05, 0.1) is 31.6 Å². The highest BCUT2D eigenvalue weighted by molar-refractivity contribution is 6.07. The quantitative estimate of drug-likeness (QED) is 0.370. The predicted molar refractivity (Wildman–Crippen MR) is 132 cm³/mol. The second-order valence-electron chi connectivity index (χ2n) is 8.00. The van der Waals surface area contributed by atoms with Gasteiger partial charge in [-0.3, -0.25) is 4.79 Å². The van der Waals surface area contributed by atoms with Crippen molar-refractivity contribution in [2.45, 2.75) is 6.04 Å². The standard InChI is InChI=1S/C27H24N4O4/c1-31-11-10-28-26(31)25(17-13-18(33-2)15-19(14-17)34-3)30-27(32)21-16-23(24-9-6-12-35-24)29-22-8-5-4-7-20(21)22/h4-16,25H,1-3H3,(H,30,32). The van der Waals surface area contributed by atoms with Gasteiger partial charge < -0.3 is 23.8 Å². The van der Waals surface area contributed by atoms with Crippen molar-refractivity contribution >= 4 is 16.8 Å². The van der Waals surface area contributed by atoms with Gasteiger partial charge in [-0.2, -0.15) is 0 Å². The number of methoxy groups -OCH3 is 2. The number of fused-ring (bicyclic) bond motifs is 1. The fraction of sp³-hybridized carbons (Fsp3) is 0.148. The molecule has 0 spiro atoms. The van der Waals surface area contributed by atoms with Crippen molar-refractivity contribution < 1.29 is 18.7 Å². The minimum absolute atomic E-state index is 0.272. The lowest BCUT2D eigenvalue weighted by Gasteiger charge is -2.21. The first-order valence-electron chi connectivity index (χ1n) is 11.0. The van der Waals surface area contributed by atoms with E-state index < -0.39 is 6.04 Å². The molecule has 2 aromatic carbocycles. The van der Waals surface area contributed by atoms with Crippen LogP contribution in [-0.2, 0) is 7.05 Å². The molecule has 8 nitrogen and oxygen atoms in total. The zero-order valence-corrected chi connectivity index (χ0v) is 19.6. The van der Waals surface area contributed by atoms with Gasteiger partial charge in [0, 0.05) is 30.9 Å². The number of amides is 1. The van der Waals surface area contributed by atoms with Crippen LogP contribution in [0.2, 0.25) is 0 Å². The lowest BCUT2D eigenvalue weighted by molar-refractivity contribution is 0.0942. The summed E-state index contributed by atoms with van der Waals surface area (Å²) in [5.41, 5.74) is 2.53. The van der Waals surface area contributed by atoms with Crippen LogP contribution in [0, 0.1) is 0 Å². The zero-order valence-electron chi connectivity index (χ0n) is 19.6. The predicted octanol–water partition coefficient (Wildman–Crippen LogP) is 4.76. The van der Waals surface area contributed by atoms with E-state index >= 15 is 0 Å². The Bertz CT molecular complexity index is 1470. The van der Waals surface area contributed by atoms with Crippen molar-refractivity contribution in [3.8, 4) is 23.0 Å². The number of carbonyl (C=O) groups excluding carboxylic acids is 1. The molecule has 1 unspecified atom stereocenters. The summed E-state index contributed by atoms with van der Waals surface area (Å²) in [5, 5.41) is 3.91. The molecule has 5 aromatic rings. The van der Waals surface area contributed by atoms with Gasteiger partial charge >= 0.3 is 0 Å². The summed E-state index contributed by atoms with van der Waals surface area (Å²) < 4.78 is 18.3. The van der Waals surface area contributed by atoms with Crippen LogP contribution in [0.5, 0.6) is 11.5 Å². The van der Waals surface area contributed by atoms with Crippen molar-refractivity contribution in [3.05, 3.63) is 96.3 Å². The molecule has 1 amide bonds. The Kier molecular flexibility index (Phi) is 5.93. The van der Waals surface area contributed by atoms with Gasteiger partial charge in [0.25, 0.3) is 5.91 Å². The molecule has 1 N–H and O–H groups in total. The summed E-state index contributed by atoms with van der Waals surface area (Å²) in [6, 6.07) is 17.8. The lowest BCUT2D eigenvalue weighted by atomic mass is 10.0. The third kappa shape index (κ3) is 4.33.